The summed E-state index contributed by atoms with van der Waals surface area (Å²) in [6, 6.07) is 0. The third kappa shape index (κ3) is 7.21. The van der Waals surface area contributed by atoms with Crippen LogP contribution in [-0.4, -0.2) is 31.3 Å². The Hall–Kier alpha value is -1.46. The van der Waals surface area contributed by atoms with Gasteiger partial charge in [-0.25, -0.2) is 4.68 Å². The topological polar surface area (TPSA) is 80.9 Å². The third-order valence-electron chi connectivity index (χ3n) is 3.40. The molecule has 114 valence electrons. The predicted octanol–water partition coefficient (Wildman–Crippen LogP) is 2.83. The Morgan fingerprint density at radius 2 is 1.65 bits per heavy atom. The van der Waals surface area contributed by atoms with Gasteiger partial charge < -0.3 is 5.11 Å². The lowest BCUT2D eigenvalue weighted by Crippen LogP contribution is -2.13. The molecule has 1 aromatic rings. The lowest BCUT2D eigenvalue weighted by molar-refractivity contribution is -0.138. The zero-order valence-corrected chi connectivity index (χ0v) is 12.4. The molecule has 0 atom stereocenters. The van der Waals surface area contributed by atoms with Crippen LogP contribution in [0.3, 0.4) is 0 Å². The first-order valence-electron chi connectivity index (χ1n) is 7.71. The van der Waals surface area contributed by atoms with E-state index in [1.807, 2.05) is 0 Å². The van der Waals surface area contributed by atoms with Crippen LogP contribution in [0.15, 0.2) is 0 Å². The average molecular weight is 282 g/mol. The van der Waals surface area contributed by atoms with Crippen LogP contribution in [0.1, 0.15) is 70.5 Å². The molecular formula is C14H26N4O2. The van der Waals surface area contributed by atoms with Gasteiger partial charge in [-0.2, -0.15) is 0 Å². The molecule has 0 aliphatic carbocycles. The second-order valence-electron chi connectivity index (χ2n) is 5.22. The normalized spacial score (nSPS) is 10.8. The molecule has 0 aromatic carbocycles. The average Bonchev–Trinajstić information content (AvgIpc) is 2.83. The maximum absolute atomic E-state index is 10.6. The highest BCUT2D eigenvalue weighted by Gasteiger charge is 2.08. The van der Waals surface area contributed by atoms with Gasteiger partial charge in [0.2, 0.25) is 0 Å². The van der Waals surface area contributed by atoms with E-state index in [2.05, 4.69) is 22.4 Å². The van der Waals surface area contributed by atoms with Crippen molar-refractivity contribution < 1.29 is 9.90 Å². The van der Waals surface area contributed by atoms with Crippen molar-refractivity contribution in [3.05, 3.63) is 5.82 Å². The number of aromatic nitrogens is 4. The summed E-state index contributed by atoms with van der Waals surface area (Å²) < 4.78 is 1.37. The fourth-order valence-electron chi connectivity index (χ4n) is 2.25. The number of carboxylic acid groups (broad SMARTS) is 1. The molecule has 0 bridgehead atoms. The van der Waals surface area contributed by atoms with E-state index in [9.17, 15) is 4.79 Å². The van der Waals surface area contributed by atoms with Gasteiger partial charge in [0.15, 0.2) is 5.82 Å². The summed E-state index contributed by atoms with van der Waals surface area (Å²) in [5.74, 6) is -0.235. The van der Waals surface area contributed by atoms with Crippen molar-refractivity contribution >= 4 is 5.97 Å². The third-order valence-corrected chi connectivity index (χ3v) is 3.40. The summed E-state index contributed by atoms with van der Waals surface area (Å²) in [5, 5.41) is 19.8. The Kier molecular flexibility index (Phi) is 8.58. The highest BCUT2D eigenvalue weighted by Crippen LogP contribution is 2.10. The first-order chi connectivity index (χ1) is 9.74. The summed E-state index contributed by atoms with van der Waals surface area (Å²) in [7, 11) is 0. The Balaban J connectivity index is 2.04. The molecule has 1 aromatic heterocycles. The molecule has 0 saturated carbocycles. The Labute approximate surface area is 120 Å². The predicted molar refractivity (Wildman–Crippen MR) is 76.4 cm³/mol. The van der Waals surface area contributed by atoms with Crippen LogP contribution in [0, 0.1) is 0 Å². The van der Waals surface area contributed by atoms with Gasteiger partial charge in [0.1, 0.15) is 6.54 Å². The van der Waals surface area contributed by atoms with Gasteiger partial charge in [-0.05, 0) is 16.8 Å². The molecule has 0 radical (unpaired) electrons. The van der Waals surface area contributed by atoms with Gasteiger partial charge in [0, 0.05) is 6.42 Å². The highest BCUT2D eigenvalue weighted by atomic mass is 16.4. The quantitative estimate of drug-likeness (QED) is 0.596. The first-order valence-corrected chi connectivity index (χ1v) is 7.71. The summed E-state index contributed by atoms with van der Waals surface area (Å²) in [4.78, 5) is 10.6. The minimum atomic E-state index is -0.911. The lowest BCUT2D eigenvalue weighted by Gasteiger charge is -2.03. The van der Waals surface area contributed by atoms with Crippen molar-refractivity contribution in [3.63, 3.8) is 0 Å². The van der Waals surface area contributed by atoms with Crippen molar-refractivity contribution in [2.75, 3.05) is 0 Å². The second-order valence-corrected chi connectivity index (χ2v) is 5.22. The summed E-state index contributed by atoms with van der Waals surface area (Å²) >= 11 is 0. The molecule has 1 rings (SSSR count). The van der Waals surface area contributed by atoms with Gasteiger partial charge >= 0.3 is 5.97 Å². The number of tetrazole rings is 1. The van der Waals surface area contributed by atoms with Crippen LogP contribution in [-0.2, 0) is 17.8 Å². The fourth-order valence-corrected chi connectivity index (χ4v) is 2.25. The van der Waals surface area contributed by atoms with E-state index in [-0.39, 0.29) is 6.54 Å². The summed E-state index contributed by atoms with van der Waals surface area (Å²) in [6.07, 6.45) is 12.2. The number of hydrogen-bond acceptors (Lipinski definition) is 4. The maximum Gasteiger partial charge on any atom is 0.325 e. The molecule has 0 saturated heterocycles. The van der Waals surface area contributed by atoms with E-state index in [0.717, 1.165) is 19.3 Å². The molecule has 0 fully saturated rings. The van der Waals surface area contributed by atoms with Crippen molar-refractivity contribution in [1.29, 1.82) is 0 Å². The molecule has 6 nitrogen and oxygen atoms in total. The maximum atomic E-state index is 10.6. The van der Waals surface area contributed by atoms with E-state index in [0.29, 0.717) is 5.82 Å². The van der Waals surface area contributed by atoms with E-state index in [4.69, 9.17) is 5.11 Å². The van der Waals surface area contributed by atoms with Gasteiger partial charge in [0.05, 0.1) is 0 Å². The van der Waals surface area contributed by atoms with E-state index < -0.39 is 5.97 Å². The summed E-state index contributed by atoms with van der Waals surface area (Å²) in [6.45, 7) is 2.08. The number of aryl methyl sites for hydroxylation is 1. The summed E-state index contributed by atoms with van der Waals surface area (Å²) in [5.41, 5.74) is 0. The molecular weight excluding hydrogens is 256 g/mol. The smallest absolute Gasteiger partial charge is 0.325 e. The number of unbranched alkanes of at least 4 members (excludes halogenated alkanes) is 8. The molecule has 0 spiro atoms. The van der Waals surface area contributed by atoms with E-state index >= 15 is 0 Å². The monoisotopic (exact) mass is 282 g/mol. The molecule has 0 aliphatic heterocycles. The van der Waals surface area contributed by atoms with Crippen LogP contribution < -0.4 is 0 Å². The Bertz CT molecular complexity index is 379. The van der Waals surface area contributed by atoms with Crippen molar-refractivity contribution in [1.82, 2.24) is 20.2 Å². The van der Waals surface area contributed by atoms with Gasteiger partial charge in [-0.1, -0.05) is 58.3 Å². The Morgan fingerprint density at radius 1 is 1.05 bits per heavy atom. The van der Waals surface area contributed by atoms with Gasteiger partial charge in [-0.15, -0.1) is 5.10 Å². The largest absolute Gasteiger partial charge is 0.480 e. The number of hydrogen-bond donors (Lipinski definition) is 1. The van der Waals surface area contributed by atoms with E-state index in [1.54, 1.807) is 0 Å². The molecule has 6 heteroatoms. The van der Waals surface area contributed by atoms with Crippen LogP contribution in [0.2, 0.25) is 0 Å². The van der Waals surface area contributed by atoms with Crippen LogP contribution in [0.5, 0.6) is 0 Å². The number of nitrogens with zero attached hydrogens (tertiary/aromatic N) is 4. The second kappa shape index (κ2) is 10.3. The molecule has 1 heterocycles. The lowest BCUT2D eigenvalue weighted by atomic mass is 10.1. The first kappa shape index (κ1) is 16.6. The minimum Gasteiger partial charge on any atom is -0.480 e. The van der Waals surface area contributed by atoms with Crippen molar-refractivity contribution in [2.45, 2.75) is 77.7 Å². The zero-order chi connectivity index (χ0) is 14.6. The minimum absolute atomic E-state index is 0.153. The molecule has 20 heavy (non-hydrogen) atoms. The number of rotatable bonds is 12. The number of carbonyl (C=O) groups is 1. The Morgan fingerprint density at radius 3 is 2.25 bits per heavy atom. The fraction of sp³-hybridized carbons (Fsp3) is 0.857. The molecule has 0 amide bonds. The van der Waals surface area contributed by atoms with Crippen molar-refractivity contribution in [2.24, 2.45) is 0 Å². The SMILES string of the molecule is CCCCCCCCCCCc1nnnn1CC(=O)O. The molecule has 0 aliphatic rings. The standard InChI is InChI=1S/C14H26N4O2/c1-2-3-4-5-6-7-8-9-10-11-13-15-16-17-18(13)12-14(19)20/h2-12H2,1H3,(H,19,20). The van der Waals surface area contributed by atoms with Crippen molar-refractivity contribution in [3.8, 4) is 0 Å². The van der Waals surface area contributed by atoms with Crippen LogP contribution in [0.25, 0.3) is 0 Å². The van der Waals surface area contributed by atoms with Crippen LogP contribution in [0.4, 0.5) is 0 Å². The number of aliphatic carboxylic acids is 1. The highest BCUT2D eigenvalue weighted by molar-refractivity contribution is 5.66. The van der Waals surface area contributed by atoms with Gasteiger partial charge in [-0.3, -0.25) is 4.79 Å². The zero-order valence-electron chi connectivity index (χ0n) is 12.4. The van der Waals surface area contributed by atoms with E-state index in [1.165, 1.54) is 49.6 Å². The molecule has 0 unspecified atom stereocenters. The van der Waals surface area contributed by atoms with Gasteiger partial charge in [0.25, 0.3) is 0 Å². The number of carboxylic acids is 1. The molecule has 1 N–H and O–H groups in total. The van der Waals surface area contributed by atoms with Crippen LogP contribution >= 0.6 is 0 Å².